The summed E-state index contributed by atoms with van der Waals surface area (Å²) in [6, 6.07) is 9.20. The van der Waals surface area contributed by atoms with Crippen molar-refractivity contribution in [3.05, 3.63) is 35.9 Å². The van der Waals surface area contributed by atoms with Gasteiger partial charge in [-0.3, -0.25) is 4.79 Å². The number of ether oxygens (including phenoxy) is 1. The molecule has 0 aliphatic carbocycles. The van der Waals surface area contributed by atoms with E-state index in [9.17, 15) is 9.59 Å². The molecule has 6 heteroatoms. The Balaban J connectivity index is 2.06. The number of rotatable bonds is 5. The van der Waals surface area contributed by atoms with E-state index in [2.05, 4.69) is 13.8 Å². The van der Waals surface area contributed by atoms with Gasteiger partial charge in [-0.25, -0.2) is 4.79 Å². The van der Waals surface area contributed by atoms with Crippen LogP contribution in [0.1, 0.15) is 46.6 Å². The first kappa shape index (κ1) is 22.2. The van der Waals surface area contributed by atoms with Gasteiger partial charge in [0.2, 0.25) is 5.91 Å². The van der Waals surface area contributed by atoms with Crippen LogP contribution in [0.4, 0.5) is 4.79 Å². The van der Waals surface area contributed by atoms with Crippen molar-refractivity contribution in [3.8, 4) is 0 Å². The smallest absolute Gasteiger partial charge is 0.410 e. The number of nitrogens with zero attached hydrogens (tertiary/aromatic N) is 2. The quantitative estimate of drug-likeness (QED) is 0.840. The monoisotopic (exact) mass is 389 g/mol. The molecule has 2 amide bonds. The SMILES string of the molecule is CC(C)CC1CN(C(=O)OC(C)(C)C)CCN1C(=O)[C@@H](N)Cc1ccccc1. The lowest BCUT2D eigenvalue weighted by Crippen LogP contribution is -2.60. The molecule has 1 saturated heterocycles. The van der Waals surface area contributed by atoms with Gasteiger partial charge in [-0.1, -0.05) is 44.2 Å². The van der Waals surface area contributed by atoms with Crippen LogP contribution in [-0.4, -0.2) is 59.1 Å². The van der Waals surface area contributed by atoms with Gasteiger partial charge in [-0.05, 0) is 45.1 Å². The maximum absolute atomic E-state index is 13.1. The van der Waals surface area contributed by atoms with Crippen molar-refractivity contribution in [2.24, 2.45) is 11.7 Å². The molecule has 1 unspecified atom stereocenters. The molecule has 1 heterocycles. The van der Waals surface area contributed by atoms with E-state index in [1.54, 1.807) is 4.90 Å². The maximum Gasteiger partial charge on any atom is 0.410 e. The first-order valence-corrected chi connectivity index (χ1v) is 10.1. The molecule has 0 radical (unpaired) electrons. The Labute approximate surface area is 169 Å². The van der Waals surface area contributed by atoms with Crippen LogP contribution in [0.5, 0.6) is 0 Å². The molecular formula is C22H35N3O3. The number of nitrogens with two attached hydrogens (primary N) is 1. The Morgan fingerprint density at radius 3 is 2.39 bits per heavy atom. The summed E-state index contributed by atoms with van der Waals surface area (Å²) in [5.74, 6) is 0.363. The van der Waals surface area contributed by atoms with E-state index in [-0.39, 0.29) is 18.0 Å². The molecule has 28 heavy (non-hydrogen) atoms. The number of hydrogen-bond donors (Lipinski definition) is 1. The van der Waals surface area contributed by atoms with E-state index in [0.29, 0.717) is 32.0 Å². The van der Waals surface area contributed by atoms with Gasteiger partial charge in [0.1, 0.15) is 5.60 Å². The number of piperazine rings is 1. The van der Waals surface area contributed by atoms with Crippen molar-refractivity contribution in [1.82, 2.24) is 9.80 Å². The second-order valence-corrected chi connectivity index (χ2v) is 9.04. The van der Waals surface area contributed by atoms with Gasteiger partial charge < -0.3 is 20.3 Å². The molecule has 0 spiro atoms. The number of carbonyl (C=O) groups excluding carboxylic acids is 2. The largest absolute Gasteiger partial charge is 0.444 e. The second kappa shape index (κ2) is 9.41. The Hall–Kier alpha value is -2.08. The minimum absolute atomic E-state index is 0.0432. The van der Waals surface area contributed by atoms with Crippen molar-refractivity contribution in [2.45, 2.75) is 65.1 Å². The third-order valence-corrected chi connectivity index (χ3v) is 4.78. The molecule has 2 rings (SSSR count). The van der Waals surface area contributed by atoms with Crippen LogP contribution in [0, 0.1) is 5.92 Å². The summed E-state index contributed by atoms with van der Waals surface area (Å²) in [6.45, 7) is 11.3. The van der Waals surface area contributed by atoms with Gasteiger partial charge in [0, 0.05) is 25.7 Å². The normalized spacial score (nSPS) is 18.9. The van der Waals surface area contributed by atoms with Crippen molar-refractivity contribution in [2.75, 3.05) is 19.6 Å². The minimum atomic E-state index is -0.579. The summed E-state index contributed by atoms with van der Waals surface area (Å²) in [7, 11) is 0. The molecule has 2 atom stereocenters. The summed E-state index contributed by atoms with van der Waals surface area (Å²) in [6.07, 6.45) is 1.02. The Bertz CT molecular complexity index is 655. The van der Waals surface area contributed by atoms with Crippen molar-refractivity contribution in [3.63, 3.8) is 0 Å². The Morgan fingerprint density at radius 2 is 1.82 bits per heavy atom. The minimum Gasteiger partial charge on any atom is -0.444 e. The summed E-state index contributed by atoms with van der Waals surface area (Å²) < 4.78 is 5.51. The van der Waals surface area contributed by atoms with E-state index in [1.807, 2.05) is 56.0 Å². The third-order valence-electron chi connectivity index (χ3n) is 4.78. The third kappa shape index (κ3) is 6.51. The Morgan fingerprint density at radius 1 is 1.18 bits per heavy atom. The predicted octanol–water partition coefficient (Wildman–Crippen LogP) is 3.05. The predicted molar refractivity (Wildman–Crippen MR) is 111 cm³/mol. The number of benzene rings is 1. The van der Waals surface area contributed by atoms with E-state index >= 15 is 0 Å². The highest BCUT2D eigenvalue weighted by Crippen LogP contribution is 2.21. The lowest BCUT2D eigenvalue weighted by atomic mass is 9.98. The zero-order chi connectivity index (χ0) is 20.9. The summed E-state index contributed by atoms with van der Waals surface area (Å²) in [5, 5.41) is 0. The van der Waals surface area contributed by atoms with Gasteiger partial charge in [0.25, 0.3) is 0 Å². The van der Waals surface area contributed by atoms with Gasteiger partial charge >= 0.3 is 6.09 Å². The fourth-order valence-electron chi connectivity index (χ4n) is 3.55. The highest BCUT2D eigenvalue weighted by Gasteiger charge is 2.36. The molecule has 156 valence electrons. The first-order chi connectivity index (χ1) is 13.1. The van der Waals surface area contributed by atoms with E-state index in [0.717, 1.165) is 12.0 Å². The number of hydrogen-bond acceptors (Lipinski definition) is 4. The first-order valence-electron chi connectivity index (χ1n) is 10.1. The molecule has 2 N–H and O–H groups in total. The van der Waals surface area contributed by atoms with Gasteiger partial charge in [-0.2, -0.15) is 0 Å². The van der Waals surface area contributed by atoms with Crippen LogP contribution in [0.25, 0.3) is 0 Å². The number of carbonyl (C=O) groups is 2. The van der Waals surface area contributed by atoms with Gasteiger partial charge in [0.05, 0.1) is 6.04 Å². The van der Waals surface area contributed by atoms with E-state index < -0.39 is 11.6 Å². The van der Waals surface area contributed by atoms with Gasteiger partial charge in [0.15, 0.2) is 0 Å². The highest BCUT2D eigenvalue weighted by molar-refractivity contribution is 5.82. The zero-order valence-electron chi connectivity index (χ0n) is 17.9. The molecule has 1 aliphatic rings. The molecule has 1 aromatic carbocycles. The molecule has 1 fully saturated rings. The highest BCUT2D eigenvalue weighted by atomic mass is 16.6. The summed E-state index contributed by atoms with van der Waals surface area (Å²) in [4.78, 5) is 29.1. The molecule has 0 saturated carbocycles. The lowest BCUT2D eigenvalue weighted by molar-refractivity contribution is -0.138. The average molecular weight is 390 g/mol. The maximum atomic E-state index is 13.1. The van der Waals surface area contributed by atoms with Crippen LogP contribution in [0.2, 0.25) is 0 Å². The molecule has 1 aromatic rings. The summed E-state index contributed by atoms with van der Waals surface area (Å²) >= 11 is 0. The van der Waals surface area contributed by atoms with Gasteiger partial charge in [-0.15, -0.1) is 0 Å². The molecule has 6 nitrogen and oxygen atoms in total. The van der Waals surface area contributed by atoms with Crippen LogP contribution in [-0.2, 0) is 16.0 Å². The number of amides is 2. The van der Waals surface area contributed by atoms with Crippen LogP contribution in [0.3, 0.4) is 0 Å². The van der Waals surface area contributed by atoms with E-state index in [1.165, 1.54) is 0 Å². The molecule has 0 aromatic heterocycles. The lowest BCUT2D eigenvalue weighted by Gasteiger charge is -2.43. The van der Waals surface area contributed by atoms with Crippen molar-refractivity contribution >= 4 is 12.0 Å². The van der Waals surface area contributed by atoms with Crippen molar-refractivity contribution in [1.29, 1.82) is 0 Å². The van der Waals surface area contributed by atoms with Crippen LogP contribution in [0.15, 0.2) is 30.3 Å². The standard InChI is InChI=1S/C22H35N3O3/c1-16(2)13-18-15-24(21(27)28-22(3,4)5)11-12-25(18)20(26)19(23)14-17-9-7-6-8-10-17/h6-10,16,18-19H,11-15,23H2,1-5H3/t18?,19-/m0/s1. The molecule has 1 aliphatic heterocycles. The zero-order valence-corrected chi connectivity index (χ0v) is 17.9. The van der Waals surface area contributed by atoms with E-state index in [4.69, 9.17) is 10.5 Å². The fraction of sp³-hybridized carbons (Fsp3) is 0.636. The van der Waals surface area contributed by atoms with Crippen molar-refractivity contribution < 1.29 is 14.3 Å². The molecular weight excluding hydrogens is 354 g/mol. The topological polar surface area (TPSA) is 75.9 Å². The fourth-order valence-corrected chi connectivity index (χ4v) is 3.55. The summed E-state index contributed by atoms with van der Waals surface area (Å²) in [5.41, 5.74) is 6.77. The molecule has 0 bridgehead atoms. The van der Waals surface area contributed by atoms with Crippen LogP contribution >= 0.6 is 0 Å². The Kier molecular flexibility index (Phi) is 7.47. The second-order valence-electron chi connectivity index (χ2n) is 9.04. The average Bonchev–Trinajstić information content (AvgIpc) is 2.60. The van der Waals surface area contributed by atoms with Crippen LogP contribution < -0.4 is 5.73 Å².